The Balaban J connectivity index is 2.04. The number of nitrogens with two attached hydrogens (primary N) is 1. The molecule has 0 aliphatic rings. The average Bonchev–Trinajstić information content (AvgIpc) is 2.80. The first-order chi connectivity index (χ1) is 7.79. The molecular weight excluding hydrogens is 242 g/mol. The summed E-state index contributed by atoms with van der Waals surface area (Å²) in [5, 5.41) is 2.64. The number of thiophene rings is 1. The first kappa shape index (κ1) is 11.5. The number of hydrogen-bond acceptors (Lipinski definition) is 3. The Morgan fingerprint density at radius 2 is 2.19 bits per heavy atom. The van der Waals surface area contributed by atoms with Gasteiger partial charge in [0.05, 0.1) is 5.02 Å². The van der Waals surface area contributed by atoms with Crippen LogP contribution >= 0.6 is 22.9 Å². The topological polar surface area (TPSA) is 35.2 Å². The zero-order chi connectivity index (χ0) is 11.4. The summed E-state index contributed by atoms with van der Waals surface area (Å²) in [7, 11) is 0. The van der Waals surface area contributed by atoms with Gasteiger partial charge in [0, 0.05) is 11.4 Å². The molecule has 0 unspecified atom stereocenters. The van der Waals surface area contributed by atoms with Crippen LogP contribution in [0.1, 0.15) is 10.4 Å². The number of halogens is 1. The predicted octanol–water partition coefficient (Wildman–Crippen LogP) is 3.44. The fraction of sp³-hybridized carbons (Fsp3) is 0.167. The summed E-state index contributed by atoms with van der Waals surface area (Å²) in [4.78, 5) is 1.18. The lowest BCUT2D eigenvalue weighted by atomic mass is 10.2. The summed E-state index contributed by atoms with van der Waals surface area (Å²) in [6, 6.07) is 9.66. The maximum atomic E-state index is 6.07. The third-order valence-corrected chi connectivity index (χ3v) is 3.33. The Hall–Kier alpha value is -1.03. The van der Waals surface area contributed by atoms with Crippen molar-refractivity contribution in [3.8, 4) is 5.75 Å². The molecule has 0 aliphatic heterocycles. The van der Waals surface area contributed by atoms with Gasteiger partial charge >= 0.3 is 0 Å². The van der Waals surface area contributed by atoms with Crippen molar-refractivity contribution in [1.82, 2.24) is 0 Å². The zero-order valence-electron chi connectivity index (χ0n) is 8.65. The van der Waals surface area contributed by atoms with Gasteiger partial charge in [0.2, 0.25) is 0 Å². The average molecular weight is 254 g/mol. The summed E-state index contributed by atoms with van der Waals surface area (Å²) in [5.74, 6) is 0.701. The molecule has 0 bridgehead atoms. The molecule has 0 saturated heterocycles. The van der Waals surface area contributed by atoms with Crippen LogP contribution in [0.4, 0.5) is 0 Å². The van der Waals surface area contributed by atoms with E-state index in [1.165, 1.54) is 4.88 Å². The molecular formula is C12H12ClNOS. The molecule has 0 amide bonds. The Labute approximate surface area is 104 Å². The molecule has 2 N–H and O–H groups in total. The fourth-order valence-corrected chi connectivity index (χ4v) is 2.21. The molecule has 0 spiro atoms. The smallest absolute Gasteiger partial charge is 0.138 e. The van der Waals surface area contributed by atoms with Gasteiger partial charge in [-0.2, -0.15) is 0 Å². The van der Waals surface area contributed by atoms with Crippen LogP contribution in [0, 0.1) is 0 Å². The highest BCUT2D eigenvalue weighted by atomic mass is 35.5. The second-order valence-electron chi connectivity index (χ2n) is 3.34. The van der Waals surface area contributed by atoms with Crippen LogP contribution < -0.4 is 10.5 Å². The Morgan fingerprint density at radius 3 is 2.81 bits per heavy atom. The van der Waals surface area contributed by atoms with Crippen LogP contribution in [-0.2, 0) is 13.2 Å². The van der Waals surface area contributed by atoms with Crippen molar-refractivity contribution in [3.05, 3.63) is 51.2 Å². The Kier molecular flexibility index (Phi) is 3.83. The SMILES string of the molecule is NCc1ccc(OCc2cccs2)c(Cl)c1. The molecule has 1 aromatic heterocycles. The molecule has 16 heavy (non-hydrogen) atoms. The lowest BCUT2D eigenvalue weighted by Gasteiger charge is -2.07. The third-order valence-electron chi connectivity index (χ3n) is 2.18. The zero-order valence-corrected chi connectivity index (χ0v) is 10.2. The van der Waals surface area contributed by atoms with Gasteiger partial charge in [-0.25, -0.2) is 0 Å². The summed E-state index contributed by atoms with van der Waals surface area (Å²) >= 11 is 7.74. The summed E-state index contributed by atoms with van der Waals surface area (Å²) < 4.78 is 5.62. The maximum absolute atomic E-state index is 6.07. The van der Waals surface area contributed by atoms with Crippen molar-refractivity contribution in [2.24, 2.45) is 5.73 Å². The van der Waals surface area contributed by atoms with E-state index >= 15 is 0 Å². The van der Waals surface area contributed by atoms with Crippen LogP contribution in [0.3, 0.4) is 0 Å². The van der Waals surface area contributed by atoms with Gasteiger partial charge in [0.15, 0.2) is 0 Å². The number of ether oxygens (including phenoxy) is 1. The van der Waals surface area contributed by atoms with Crippen LogP contribution in [-0.4, -0.2) is 0 Å². The third kappa shape index (κ3) is 2.76. The number of rotatable bonds is 4. The van der Waals surface area contributed by atoms with Crippen LogP contribution in [0.15, 0.2) is 35.7 Å². The molecule has 0 saturated carbocycles. The van der Waals surface area contributed by atoms with E-state index in [0.717, 1.165) is 5.56 Å². The lowest BCUT2D eigenvalue weighted by molar-refractivity contribution is 0.310. The number of hydrogen-bond donors (Lipinski definition) is 1. The molecule has 0 fully saturated rings. The molecule has 1 heterocycles. The first-order valence-corrected chi connectivity index (χ1v) is 6.19. The highest BCUT2D eigenvalue weighted by molar-refractivity contribution is 7.09. The van der Waals surface area contributed by atoms with Crippen molar-refractivity contribution in [1.29, 1.82) is 0 Å². The van der Waals surface area contributed by atoms with Gasteiger partial charge in [-0.3, -0.25) is 0 Å². The first-order valence-electron chi connectivity index (χ1n) is 4.93. The van der Waals surface area contributed by atoms with Gasteiger partial charge in [0.1, 0.15) is 12.4 Å². The molecule has 2 nitrogen and oxygen atoms in total. The minimum absolute atomic E-state index is 0.491. The van der Waals surface area contributed by atoms with Crippen molar-refractivity contribution in [3.63, 3.8) is 0 Å². The van der Waals surface area contributed by atoms with Gasteiger partial charge in [-0.1, -0.05) is 23.7 Å². The standard InChI is InChI=1S/C12H12ClNOS/c13-11-6-9(7-14)3-4-12(11)15-8-10-2-1-5-16-10/h1-6H,7-8,14H2. The van der Waals surface area contributed by atoms with E-state index in [2.05, 4.69) is 0 Å². The fourth-order valence-electron chi connectivity index (χ4n) is 1.33. The largest absolute Gasteiger partial charge is 0.487 e. The monoisotopic (exact) mass is 253 g/mol. The van der Waals surface area contributed by atoms with Crippen LogP contribution in [0.25, 0.3) is 0 Å². The van der Waals surface area contributed by atoms with E-state index < -0.39 is 0 Å². The molecule has 2 rings (SSSR count). The second-order valence-corrected chi connectivity index (χ2v) is 4.78. The van der Waals surface area contributed by atoms with Crippen molar-refractivity contribution >= 4 is 22.9 Å². The highest BCUT2D eigenvalue weighted by Crippen LogP contribution is 2.26. The predicted molar refractivity (Wildman–Crippen MR) is 68.0 cm³/mol. The number of benzene rings is 1. The molecule has 1 aromatic carbocycles. The maximum Gasteiger partial charge on any atom is 0.138 e. The molecule has 0 aliphatic carbocycles. The lowest BCUT2D eigenvalue weighted by Crippen LogP contribution is -1.98. The summed E-state index contributed by atoms with van der Waals surface area (Å²) in [6.07, 6.45) is 0. The van der Waals surface area contributed by atoms with Crippen molar-refractivity contribution in [2.75, 3.05) is 0 Å². The van der Waals surface area contributed by atoms with E-state index in [1.54, 1.807) is 11.3 Å². The molecule has 0 radical (unpaired) electrons. The quantitative estimate of drug-likeness (QED) is 0.906. The second kappa shape index (κ2) is 5.34. The minimum atomic E-state index is 0.491. The van der Waals surface area contributed by atoms with Gasteiger partial charge in [-0.15, -0.1) is 11.3 Å². The van der Waals surface area contributed by atoms with Crippen molar-refractivity contribution < 1.29 is 4.74 Å². The Morgan fingerprint density at radius 1 is 1.31 bits per heavy atom. The molecule has 4 heteroatoms. The van der Waals surface area contributed by atoms with E-state index in [1.807, 2.05) is 35.7 Å². The van der Waals surface area contributed by atoms with Gasteiger partial charge < -0.3 is 10.5 Å². The van der Waals surface area contributed by atoms with Crippen LogP contribution in [0.5, 0.6) is 5.75 Å². The molecule has 84 valence electrons. The van der Waals surface area contributed by atoms with Crippen molar-refractivity contribution in [2.45, 2.75) is 13.2 Å². The molecule has 2 aromatic rings. The van der Waals surface area contributed by atoms with Gasteiger partial charge in [0.25, 0.3) is 0 Å². The summed E-state index contributed by atoms with van der Waals surface area (Å²) in [5.41, 5.74) is 6.53. The van der Waals surface area contributed by atoms with E-state index in [9.17, 15) is 0 Å². The van der Waals surface area contributed by atoms with Gasteiger partial charge in [-0.05, 0) is 29.1 Å². The normalized spacial score (nSPS) is 10.4. The molecule has 0 atom stereocenters. The van der Waals surface area contributed by atoms with E-state index in [4.69, 9.17) is 22.1 Å². The van der Waals surface area contributed by atoms with Crippen LogP contribution in [0.2, 0.25) is 5.02 Å². The highest BCUT2D eigenvalue weighted by Gasteiger charge is 2.03. The summed E-state index contributed by atoms with van der Waals surface area (Å²) in [6.45, 7) is 1.05. The van der Waals surface area contributed by atoms with E-state index in [-0.39, 0.29) is 0 Å². The minimum Gasteiger partial charge on any atom is -0.487 e. The van der Waals surface area contributed by atoms with E-state index in [0.29, 0.717) is 23.9 Å². The Bertz CT molecular complexity index is 456.